The van der Waals surface area contributed by atoms with E-state index in [2.05, 4.69) is 20.8 Å². The Morgan fingerprint density at radius 1 is 0.946 bits per heavy atom. The van der Waals surface area contributed by atoms with Gasteiger partial charge in [-0.1, -0.05) is 39.0 Å². The van der Waals surface area contributed by atoms with E-state index in [1.54, 1.807) is 35.0 Å². The summed E-state index contributed by atoms with van der Waals surface area (Å²) in [5.41, 5.74) is 3.18. The highest BCUT2D eigenvalue weighted by Gasteiger charge is 2.47. The lowest BCUT2D eigenvalue weighted by Crippen LogP contribution is -2.32. The number of nitrogens with zero attached hydrogens (tertiary/aromatic N) is 2. The molecule has 0 bridgehead atoms. The first-order valence-electron chi connectivity index (χ1n) is 18.1. The van der Waals surface area contributed by atoms with E-state index < -0.39 is 52.4 Å². The molecule has 2 aliphatic rings. The lowest BCUT2D eigenvalue weighted by molar-refractivity contribution is -0.437. The smallest absolute Gasteiger partial charge is 0.303 e. The van der Waals surface area contributed by atoms with Crippen LogP contribution < -0.4 is 9.64 Å². The lowest BCUT2D eigenvalue weighted by atomic mass is 9.75. The van der Waals surface area contributed by atoms with Crippen LogP contribution in [0.1, 0.15) is 77.8 Å². The highest BCUT2D eigenvalue weighted by atomic mass is 32.2. The third kappa shape index (κ3) is 11.7. The number of hydrogen-bond acceptors (Lipinski definition) is 10. The Kier molecular flexibility index (Phi) is 14.0. The van der Waals surface area contributed by atoms with E-state index in [-0.39, 0.29) is 49.8 Å². The zero-order valence-corrected chi connectivity index (χ0v) is 34.6. The summed E-state index contributed by atoms with van der Waals surface area (Å²) in [5, 5.41) is 9.37. The summed E-state index contributed by atoms with van der Waals surface area (Å²) in [7, 11) is -13.2. The maximum atomic E-state index is 12.0. The van der Waals surface area contributed by atoms with Crippen LogP contribution in [0.25, 0.3) is 5.57 Å². The Bertz CT molecular complexity index is 2320. The van der Waals surface area contributed by atoms with Crippen LogP contribution in [0.5, 0.6) is 5.75 Å². The Hall–Kier alpha value is -4.13. The average molecular weight is 835 g/mol. The van der Waals surface area contributed by atoms with Crippen molar-refractivity contribution in [3.05, 3.63) is 89.7 Å². The summed E-state index contributed by atoms with van der Waals surface area (Å²) < 4.78 is 108. The molecule has 56 heavy (non-hydrogen) atoms. The molecule has 0 aliphatic carbocycles. The quantitative estimate of drug-likeness (QED) is 0.0879. The van der Waals surface area contributed by atoms with E-state index in [1.807, 2.05) is 43.0 Å². The van der Waals surface area contributed by atoms with Crippen molar-refractivity contribution in [2.75, 3.05) is 36.0 Å². The van der Waals surface area contributed by atoms with E-state index in [1.165, 1.54) is 18.2 Å². The molecule has 1 atom stereocenters. The van der Waals surface area contributed by atoms with E-state index in [9.17, 15) is 48.8 Å². The molecular formula is C39H50N2O12S3. The largest absolute Gasteiger partial charge is 0.744 e. The second-order valence-electron chi connectivity index (χ2n) is 15.0. The zero-order valence-electron chi connectivity index (χ0n) is 32.1. The molecule has 2 aliphatic heterocycles. The van der Waals surface area contributed by atoms with Gasteiger partial charge in [-0.15, -0.1) is 0 Å². The molecule has 4 rings (SSSR count). The summed E-state index contributed by atoms with van der Waals surface area (Å²) in [6.07, 6.45) is 11.4. The van der Waals surface area contributed by atoms with Crippen LogP contribution in [0.15, 0.2) is 83.5 Å². The number of ether oxygens (including phenoxy) is 1. The van der Waals surface area contributed by atoms with Crippen molar-refractivity contribution < 1.29 is 58.1 Å². The number of rotatable bonds is 18. The fraction of sp³-hybridized carbons (Fsp3) is 0.436. The number of carboxylic acid groups (broad SMARTS) is 1. The molecular weight excluding hydrogens is 785 g/mol. The number of carboxylic acids is 1. The van der Waals surface area contributed by atoms with Crippen molar-refractivity contribution >= 4 is 59.0 Å². The first-order chi connectivity index (χ1) is 25.9. The van der Waals surface area contributed by atoms with Gasteiger partial charge in [0.1, 0.15) is 28.2 Å². The molecule has 0 aromatic heterocycles. The van der Waals surface area contributed by atoms with E-state index in [0.29, 0.717) is 41.6 Å². The first-order valence-corrected chi connectivity index (χ1v) is 22.8. The predicted molar refractivity (Wildman–Crippen MR) is 214 cm³/mol. The van der Waals surface area contributed by atoms with Gasteiger partial charge < -0.3 is 19.3 Å². The van der Waals surface area contributed by atoms with Crippen LogP contribution >= 0.6 is 0 Å². The Morgan fingerprint density at radius 3 is 2.23 bits per heavy atom. The first kappa shape index (κ1) is 44.6. The van der Waals surface area contributed by atoms with Gasteiger partial charge in [0.2, 0.25) is 5.69 Å². The molecule has 0 spiro atoms. The Labute approximate surface area is 329 Å². The minimum atomic E-state index is -4.83. The molecule has 3 N–H and O–H groups in total. The molecule has 0 saturated heterocycles. The van der Waals surface area contributed by atoms with Crippen molar-refractivity contribution in [3.63, 3.8) is 0 Å². The highest BCUT2D eigenvalue weighted by molar-refractivity contribution is 7.86. The Morgan fingerprint density at radius 2 is 1.62 bits per heavy atom. The fourth-order valence-corrected chi connectivity index (χ4v) is 8.54. The van der Waals surface area contributed by atoms with Crippen LogP contribution in [0.3, 0.4) is 0 Å². The number of benzene rings is 2. The van der Waals surface area contributed by atoms with Gasteiger partial charge in [-0.05, 0) is 80.5 Å². The number of anilines is 1. The number of carbonyl (C=O) groups is 1. The summed E-state index contributed by atoms with van der Waals surface area (Å²) >= 11 is 0. The summed E-state index contributed by atoms with van der Waals surface area (Å²) in [4.78, 5) is 13.0. The number of fused-ring (bicyclic) bond motifs is 2. The normalized spacial score (nSPS) is 18.4. The van der Waals surface area contributed by atoms with E-state index in [4.69, 9.17) is 4.74 Å². The molecule has 0 fully saturated rings. The van der Waals surface area contributed by atoms with Gasteiger partial charge in [0.15, 0.2) is 5.71 Å². The van der Waals surface area contributed by atoms with Gasteiger partial charge in [-0.25, -0.2) is 8.42 Å². The molecule has 2 aromatic carbocycles. The SMILES string of the molecule is CCN(CCCS(=O)(=O)O)c1ccc2c(c1)OC(=CC=CC=CC1=[N+](CCCS(=O)(=O)O)c3ccc(S(=O)(=O)[O-])cc3C1(C)CCCC(=O)O)C=C2C(C)(C)C. The summed E-state index contributed by atoms with van der Waals surface area (Å²) in [6, 6.07) is 9.79. The van der Waals surface area contributed by atoms with Crippen LogP contribution in [0, 0.1) is 5.41 Å². The third-order valence-electron chi connectivity index (χ3n) is 9.74. The van der Waals surface area contributed by atoms with Gasteiger partial charge >= 0.3 is 5.97 Å². The minimum Gasteiger partial charge on any atom is -0.744 e. The molecule has 1 unspecified atom stereocenters. The van der Waals surface area contributed by atoms with Crippen LogP contribution in [0.2, 0.25) is 0 Å². The molecule has 0 saturated carbocycles. The second kappa shape index (κ2) is 17.6. The molecule has 2 heterocycles. The van der Waals surface area contributed by atoms with Crippen LogP contribution in [-0.4, -0.2) is 91.4 Å². The standard InChI is InChI=1S/C39H50N2O12S3/c1-6-40(21-11-23-54(44,45)46)28-16-18-31-32(38(2,3)4)26-29(53-35(31)25-28)13-8-7-9-14-36-39(5,20-10-15-37(42)43)33-27-30(56(50,51)52)17-19-34(33)41(36)22-12-24-55(47,48)49/h7-9,13-14,16-19,25-27H,6,10-12,15,20-24H2,1-5H3,(H3-,42,43,44,45,46,47,48,49,50,51,52). The fourth-order valence-electron chi connectivity index (χ4n) is 7.05. The lowest BCUT2D eigenvalue weighted by Gasteiger charge is -2.31. The van der Waals surface area contributed by atoms with Crippen LogP contribution in [-0.2, 0) is 40.6 Å². The summed E-state index contributed by atoms with van der Waals surface area (Å²) in [5.74, 6) is -0.701. The second-order valence-corrected chi connectivity index (χ2v) is 19.5. The van der Waals surface area contributed by atoms with Gasteiger partial charge in [0.05, 0.1) is 21.8 Å². The van der Waals surface area contributed by atoms with Crippen LogP contribution in [0.4, 0.5) is 11.4 Å². The highest BCUT2D eigenvalue weighted by Crippen LogP contribution is 2.46. The van der Waals surface area contributed by atoms with Crippen molar-refractivity contribution in [2.24, 2.45) is 5.41 Å². The molecule has 0 amide bonds. The topological polar surface area (TPSA) is 219 Å². The van der Waals surface area contributed by atoms with Crippen molar-refractivity contribution in [2.45, 2.75) is 77.0 Å². The molecule has 14 nitrogen and oxygen atoms in total. The number of aliphatic carboxylic acids is 1. The number of allylic oxidation sites excluding steroid dienone is 7. The minimum absolute atomic E-state index is 0.0217. The Balaban J connectivity index is 1.70. The van der Waals surface area contributed by atoms with E-state index >= 15 is 0 Å². The van der Waals surface area contributed by atoms with E-state index in [0.717, 1.165) is 16.8 Å². The molecule has 0 radical (unpaired) electrons. The van der Waals surface area contributed by atoms with Crippen molar-refractivity contribution in [1.29, 1.82) is 0 Å². The third-order valence-corrected chi connectivity index (χ3v) is 12.2. The van der Waals surface area contributed by atoms with Crippen molar-refractivity contribution in [1.82, 2.24) is 0 Å². The summed E-state index contributed by atoms with van der Waals surface area (Å²) in [6.45, 7) is 11.2. The maximum absolute atomic E-state index is 12.0. The molecule has 2 aromatic rings. The average Bonchev–Trinajstić information content (AvgIpc) is 3.30. The number of hydrogen-bond donors (Lipinski definition) is 3. The molecule has 17 heteroatoms. The zero-order chi connectivity index (χ0) is 41.7. The van der Waals surface area contributed by atoms with Gasteiger partial charge in [0.25, 0.3) is 20.2 Å². The van der Waals surface area contributed by atoms with Crippen molar-refractivity contribution in [3.8, 4) is 5.75 Å². The molecule has 306 valence electrons. The monoisotopic (exact) mass is 834 g/mol. The predicted octanol–water partition coefficient (Wildman–Crippen LogP) is 6.10. The van der Waals surface area contributed by atoms with Gasteiger partial charge in [0, 0.05) is 61.0 Å². The van der Waals surface area contributed by atoms with Gasteiger partial charge in [-0.2, -0.15) is 21.4 Å². The van der Waals surface area contributed by atoms with Gasteiger partial charge in [-0.3, -0.25) is 13.9 Å². The maximum Gasteiger partial charge on any atom is 0.303 e.